The van der Waals surface area contributed by atoms with Crippen molar-refractivity contribution >= 4 is 16.9 Å². The van der Waals surface area contributed by atoms with E-state index in [1.165, 1.54) is 0 Å². The van der Waals surface area contributed by atoms with Crippen molar-refractivity contribution in [3.63, 3.8) is 0 Å². The van der Waals surface area contributed by atoms with Crippen LogP contribution >= 0.6 is 0 Å². The third-order valence-electron chi connectivity index (χ3n) is 4.29. The topological polar surface area (TPSA) is 64.7 Å². The van der Waals surface area contributed by atoms with Gasteiger partial charge in [0, 0.05) is 32.4 Å². The first-order valence-electron chi connectivity index (χ1n) is 8.38. The van der Waals surface area contributed by atoms with Gasteiger partial charge in [0.25, 0.3) is 0 Å². The Bertz CT molecular complexity index is 806. The summed E-state index contributed by atoms with van der Waals surface area (Å²) in [5, 5.41) is 7.17. The molecular weight excluding hydrogens is 302 g/mol. The molecule has 0 saturated carbocycles. The number of carbonyl (C=O) groups excluding carboxylic acids is 1. The first-order valence-corrected chi connectivity index (χ1v) is 8.38. The largest absolute Gasteiger partial charge is 0.354 e. The predicted octanol–water partition coefficient (Wildman–Crippen LogP) is 2.47. The molecule has 2 heterocycles. The number of hydrogen-bond acceptors (Lipinski definition) is 3. The fraction of sp³-hybridized carbons (Fsp3) is 0.389. The quantitative estimate of drug-likeness (QED) is 0.679. The molecular formula is C18H23N5O. The monoisotopic (exact) mass is 325 g/mol. The molecule has 0 aliphatic carbocycles. The molecule has 24 heavy (non-hydrogen) atoms. The molecule has 3 aromatic rings. The standard InChI is InChI=1S/C18H23N5O/c1-3-15(23-13-7-12-20-23)18(24)19-11-6-10-17-21-14-8-4-5-9-16(14)22(17)2/h4-5,7-9,12-13,15H,3,6,10-11H2,1-2H3,(H,19,24)/t15-/m0/s1. The Labute approximate surface area is 141 Å². The Balaban J connectivity index is 1.53. The molecule has 126 valence electrons. The summed E-state index contributed by atoms with van der Waals surface area (Å²) in [6, 6.07) is 9.71. The fourth-order valence-corrected chi connectivity index (χ4v) is 2.95. The summed E-state index contributed by atoms with van der Waals surface area (Å²) in [7, 11) is 2.04. The van der Waals surface area contributed by atoms with Crippen molar-refractivity contribution in [1.29, 1.82) is 0 Å². The molecule has 0 fully saturated rings. The highest BCUT2D eigenvalue weighted by molar-refractivity contribution is 5.80. The van der Waals surface area contributed by atoms with Crippen LogP contribution in [0.3, 0.4) is 0 Å². The van der Waals surface area contributed by atoms with Crippen LogP contribution in [-0.4, -0.2) is 31.8 Å². The fourth-order valence-electron chi connectivity index (χ4n) is 2.95. The maximum atomic E-state index is 12.3. The van der Waals surface area contributed by atoms with Crippen LogP contribution in [0.2, 0.25) is 0 Å². The summed E-state index contributed by atoms with van der Waals surface area (Å²) < 4.78 is 3.83. The van der Waals surface area contributed by atoms with Gasteiger partial charge >= 0.3 is 0 Å². The first-order chi connectivity index (χ1) is 11.7. The van der Waals surface area contributed by atoms with Gasteiger partial charge < -0.3 is 9.88 Å². The molecule has 0 spiro atoms. The molecule has 6 heteroatoms. The maximum absolute atomic E-state index is 12.3. The van der Waals surface area contributed by atoms with E-state index in [0.29, 0.717) is 6.54 Å². The number of aromatic nitrogens is 4. The van der Waals surface area contributed by atoms with Crippen LogP contribution in [0.15, 0.2) is 42.7 Å². The zero-order valence-electron chi connectivity index (χ0n) is 14.1. The SMILES string of the molecule is CC[C@@H](C(=O)NCCCc1nc2ccccc2n1C)n1cccn1. The molecule has 2 aromatic heterocycles. The number of nitrogens with one attached hydrogen (secondary N) is 1. The number of fused-ring (bicyclic) bond motifs is 1. The molecule has 1 aromatic carbocycles. The molecule has 0 bridgehead atoms. The van der Waals surface area contributed by atoms with Crippen molar-refractivity contribution in [3.8, 4) is 0 Å². The lowest BCUT2D eigenvalue weighted by atomic mass is 10.2. The Morgan fingerprint density at radius 1 is 1.29 bits per heavy atom. The van der Waals surface area contributed by atoms with Crippen molar-refractivity contribution in [2.24, 2.45) is 7.05 Å². The van der Waals surface area contributed by atoms with Gasteiger partial charge in [0.05, 0.1) is 11.0 Å². The number of hydrogen-bond donors (Lipinski definition) is 1. The number of aryl methyl sites for hydroxylation is 2. The van der Waals surface area contributed by atoms with Crippen molar-refractivity contribution in [1.82, 2.24) is 24.6 Å². The molecule has 0 aliphatic rings. The third kappa shape index (κ3) is 3.32. The maximum Gasteiger partial charge on any atom is 0.244 e. The van der Waals surface area contributed by atoms with Crippen LogP contribution in [0, 0.1) is 0 Å². The summed E-state index contributed by atoms with van der Waals surface area (Å²) in [4.78, 5) is 17.0. The molecule has 0 aliphatic heterocycles. The Morgan fingerprint density at radius 3 is 2.83 bits per heavy atom. The van der Waals surface area contributed by atoms with E-state index >= 15 is 0 Å². The predicted molar refractivity (Wildman–Crippen MR) is 93.6 cm³/mol. The molecule has 0 saturated heterocycles. The normalized spacial score (nSPS) is 12.4. The van der Waals surface area contributed by atoms with E-state index in [2.05, 4.69) is 26.0 Å². The second kappa shape index (κ2) is 7.29. The van der Waals surface area contributed by atoms with E-state index in [-0.39, 0.29) is 11.9 Å². The highest BCUT2D eigenvalue weighted by Gasteiger charge is 2.17. The van der Waals surface area contributed by atoms with E-state index in [4.69, 9.17) is 0 Å². The first kappa shape index (κ1) is 16.2. The number of benzene rings is 1. The van der Waals surface area contributed by atoms with Gasteiger partial charge in [-0.3, -0.25) is 9.48 Å². The summed E-state index contributed by atoms with van der Waals surface area (Å²) in [6.07, 6.45) is 5.94. The van der Waals surface area contributed by atoms with E-state index in [9.17, 15) is 4.79 Å². The van der Waals surface area contributed by atoms with Gasteiger partial charge in [-0.25, -0.2) is 4.98 Å². The lowest BCUT2D eigenvalue weighted by Gasteiger charge is -2.15. The van der Waals surface area contributed by atoms with Gasteiger partial charge in [0.15, 0.2) is 0 Å². The van der Waals surface area contributed by atoms with Crippen LogP contribution in [0.4, 0.5) is 0 Å². The second-order valence-electron chi connectivity index (χ2n) is 5.88. The minimum Gasteiger partial charge on any atom is -0.354 e. The van der Waals surface area contributed by atoms with Crippen LogP contribution < -0.4 is 5.32 Å². The smallest absolute Gasteiger partial charge is 0.244 e. The Kier molecular flexibility index (Phi) is 4.93. The van der Waals surface area contributed by atoms with E-state index < -0.39 is 0 Å². The minimum atomic E-state index is -0.240. The molecule has 0 radical (unpaired) electrons. The summed E-state index contributed by atoms with van der Waals surface area (Å²) in [5.41, 5.74) is 2.16. The highest BCUT2D eigenvalue weighted by atomic mass is 16.2. The summed E-state index contributed by atoms with van der Waals surface area (Å²) in [6.45, 7) is 2.63. The molecule has 3 rings (SSSR count). The van der Waals surface area contributed by atoms with Gasteiger partial charge in [-0.1, -0.05) is 19.1 Å². The number of rotatable bonds is 7. The van der Waals surface area contributed by atoms with Gasteiger partial charge in [-0.05, 0) is 31.0 Å². The minimum absolute atomic E-state index is 0.0196. The van der Waals surface area contributed by atoms with Crippen molar-refractivity contribution < 1.29 is 4.79 Å². The highest BCUT2D eigenvalue weighted by Crippen LogP contribution is 2.15. The number of amides is 1. The molecule has 1 amide bonds. The Morgan fingerprint density at radius 2 is 2.12 bits per heavy atom. The van der Waals surface area contributed by atoms with Gasteiger partial charge in [-0.2, -0.15) is 5.10 Å². The Hall–Kier alpha value is -2.63. The van der Waals surface area contributed by atoms with E-state index in [0.717, 1.165) is 36.1 Å². The third-order valence-corrected chi connectivity index (χ3v) is 4.29. The number of imidazole rings is 1. The van der Waals surface area contributed by atoms with Crippen molar-refractivity contribution in [2.45, 2.75) is 32.2 Å². The van der Waals surface area contributed by atoms with Crippen LogP contribution in [0.5, 0.6) is 0 Å². The average molecular weight is 325 g/mol. The van der Waals surface area contributed by atoms with Crippen molar-refractivity contribution in [3.05, 3.63) is 48.5 Å². The van der Waals surface area contributed by atoms with E-state index in [1.54, 1.807) is 10.9 Å². The zero-order valence-corrected chi connectivity index (χ0v) is 14.1. The number of nitrogens with zero attached hydrogens (tertiary/aromatic N) is 4. The average Bonchev–Trinajstić information content (AvgIpc) is 3.22. The molecule has 1 N–H and O–H groups in total. The van der Waals surface area contributed by atoms with Crippen molar-refractivity contribution in [2.75, 3.05) is 6.54 Å². The molecule has 1 atom stereocenters. The lowest BCUT2D eigenvalue weighted by molar-refractivity contribution is -0.124. The number of carbonyl (C=O) groups is 1. The zero-order chi connectivity index (χ0) is 16.9. The molecule has 0 unspecified atom stereocenters. The van der Waals surface area contributed by atoms with Gasteiger partial charge in [-0.15, -0.1) is 0 Å². The summed E-state index contributed by atoms with van der Waals surface area (Å²) in [5.74, 6) is 1.07. The second-order valence-corrected chi connectivity index (χ2v) is 5.88. The van der Waals surface area contributed by atoms with Gasteiger partial charge in [0.2, 0.25) is 5.91 Å². The van der Waals surface area contributed by atoms with Crippen LogP contribution in [0.1, 0.15) is 31.6 Å². The summed E-state index contributed by atoms with van der Waals surface area (Å²) >= 11 is 0. The van der Waals surface area contributed by atoms with Crippen LogP contribution in [0.25, 0.3) is 11.0 Å². The van der Waals surface area contributed by atoms with Gasteiger partial charge in [0.1, 0.15) is 11.9 Å². The van der Waals surface area contributed by atoms with E-state index in [1.807, 2.05) is 44.4 Å². The molecule has 6 nitrogen and oxygen atoms in total. The number of para-hydroxylation sites is 2. The lowest BCUT2D eigenvalue weighted by Crippen LogP contribution is -2.33. The van der Waals surface area contributed by atoms with Crippen LogP contribution in [-0.2, 0) is 18.3 Å².